The molecule has 0 spiro atoms. The third kappa shape index (κ3) is 5.29. The van der Waals surface area contributed by atoms with Crippen molar-refractivity contribution in [1.29, 1.82) is 0 Å². The lowest BCUT2D eigenvalue weighted by Crippen LogP contribution is -2.48. The highest BCUT2D eigenvalue weighted by Gasteiger charge is 2.26. The Kier molecular flexibility index (Phi) is 6.93. The average Bonchev–Trinajstić information content (AvgIpc) is 2.66. The van der Waals surface area contributed by atoms with Gasteiger partial charge < -0.3 is 15.0 Å². The maximum atomic E-state index is 14.0. The van der Waals surface area contributed by atoms with Crippen molar-refractivity contribution >= 4 is 11.8 Å². The van der Waals surface area contributed by atoms with Crippen molar-refractivity contribution in [3.63, 3.8) is 0 Å². The molecule has 0 unspecified atom stereocenters. The number of amides is 2. The molecule has 27 heavy (non-hydrogen) atoms. The van der Waals surface area contributed by atoms with Crippen molar-refractivity contribution in [1.82, 2.24) is 10.2 Å². The predicted molar refractivity (Wildman–Crippen MR) is 102 cm³/mol. The lowest BCUT2D eigenvalue weighted by molar-refractivity contribution is -0.142. The summed E-state index contributed by atoms with van der Waals surface area (Å²) in [6.45, 7) is 5.18. The van der Waals surface area contributed by atoms with Crippen LogP contribution in [0.1, 0.15) is 23.6 Å². The molecule has 6 heteroatoms. The van der Waals surface area contributed by atoms with Crippen LogP contribution in [0, 0.1) is 19.7 Å². The van der Waals surface area contributed by atoms with E-state index in [-0.39, 0.29) is 19.1 Å². The first-order valence-corrected chi connectivity index (χ1v) is 8.78. The Morgan fingerprint density at radius 2 is 1.89 bits per heavy atom. The van der Waals surface area contributed by atoms with E-state index in [9.17, 15) is 14.0 Å². The zero-order chi connectivity index (χ0) is 20.0. The fourth-order valence-corrected chi connectivity index (χ4v) is 2.69. The fraction of sp³-hybridized carbons (Fsp3) is 0.333. The summed E-state index contributed by atoms with van der Waals surface area (Å²) in [5.74, 6) is -0.529. The van der Waals surface area contributed by atoms with E-state index in [1.165, 1.54) is 18.0 Å². The number of halogens is 1. The number of rotatable bonds is 7. The van der Waals surface area contributed by atoms with Gasteiger partial charge >= 0.3 is 0 Å². The SMILES string of the molecule is CNC(=O)[C@H](C)N(Cc1ccccc1F)C(=O)COc1cc(C)ccc1C. The van der Waals surface area contributed by atoms with Crippen LogP contribution in [-0.2, 0) is 16.1 Å². The molecule has 0 bridgehead atoms. The second kappa shape index (κ2) is 9.16. The number of nitrogens with one attached hydrogen (secondary N) is 1. The van der Waals surface area contributed by atoms with Gasteiger partial charge in [-0.15, -0.1) is 0 Å². The second-order valence-electron chi connectivity index (χ2n) is 6.46. The number of carbonyl (C=O) groups excluding carboxylic acids is 2. The Balaban J connectivity index is 2.18. The summed E-state index contributed by atoms with van der Waals surface area (Å²) in [4.78, 5) is 26.2. The third-order valence-electron chi connectivity index (χ3n) is 4.41. The minimum Gasteiger partial charge on any atom is -0.483 e. The number of aryl methyl sites for hydroxylation is 2. The zero-order valence-corrected chi connectivity index (χ0v) is 16.1. The second-order valence-corrected chi connectivity index (χ2v) is 6.46. The number of hydrogen-bond donors (Lipinski definition) is 1. The van der Waals surface area contributed by atoms with Gasteiger partial charge in [0.1, 0.15) is 17.6 Å². The van der Waals surface area contributed by atoms with Crippen molar-refractivity contribution in [3.8, 4) is 5.75 Å². The zero-order valence-electron chi connectivity index (χ0n) is 16.1. The third-order valence-corrected chi connectivity index (χ3v) is 4.41. The van der Waals surface area contributed by atoms with E-state index >= 15 is 0 Å². The number of benzene rings is 2. The predicted octanol–water partition coefficient (Wildman–Crippen LogP) is 2.98. The van der Waals surface area contributed by atoms with E-state index < -0.39 is 17.8 Å². The standard InChI is InChI=1S/C21H25FN2O3/c1-14-9-10-15(2)19(11-14)27-13-20(25)24(16(3)21(26)23-4)12-17-7-5-6-8-18(17)22/h5-11,16H,12-13H2,1-4H3,(H,23,26)/t16-/m0/s1. The summed E-state index contributed by atoms with van der Waals surface area (Å²) in [6, 6.07) is 11.2. The Labute approximate surface area is 159 Å². The monoisotopic (exact) mass is 372 g/mol. The number of ether oxygens (including phenoxy) is 1. The number of carbonyl (C=O) groups is 2. The molecule has 2 amide bonds. The van der Waals surface area contributed by atoms with E-state index in [1.54, 1.807) is 25.1 Å². The van der Waals surface area contributed by atoms with Crippen LogP contribution in [-0.4, -0.2) is 36.4 Å². The summed E-state index contributed by atoms with van der Waals surface area (Å²) in [5.41, 5.74) is 2.27. The number of likely N-dealkylation sites (N-methyl/N-ethyl adjacent to an activating group) is 1. The maximum absolute atomic E-state index is 14.0. The maximum Gasteiger partial charge on any atom is 0.261 e. The van der Waals surface area contributed by atoms with Crippen molar-refractivity contribution in [2.45, 2.75) is 33.4 Å². The molecule has 0 aliphatic carbocycles. The minimum atomic E-state index is -0.760. The molecule has 0 saturated heterocycles. The smallest absolute Gasteiger partial charge is 0.261 e. The lowest BCUT2D eigenvalue weighted by Gasteiger charge is -2.28. The van der Waals surface area contributed by atoms with Gasteiger partial charge in [-0.05, 0) is 44.0 Å². The van der Waals surface area contributed by atoms with Gasteiger partial charge in [0.25, 0.3) is 5.91 Å². The molecule has 0 aliphatic rings. The van der Waals surface area contributed by atoms with Crippen LogP contribution in [0.2, 0.25) is 0 Å². The van der Waals surface area contributed by atoms with Crippen LogP contribution >= 0.6 is 0 Å². The van der Waals surface area contributed by atoms with Gasteiger partial charge in [-0.2, -0.15) is 0 Å². The van der Waals surface area contributed by atoms with Gasteiger partial charge in [-0.25, -0.2) is 4.39 Å². The van der Waals surface area contributed by atoms with Crippen LogP contribution < -0.4 is 10.1 Å². The number of nitrogens with zero attached hydrogens (tertiary/aromatic N) is 1. The molecule has 0 aromatic heterocycles. The fourth-order valence-electron chi connectivity index (χ4n) is 2.69. The van der Waals surface area contributed by atoms with Gasteiger partial charge in [-0.3, -0.25) is 9.59 Å². The van der Waals surface area contributed by atoms with E-state index in [0.29, 0.717) is 11.3 Å². The molecule has 1 N–H and O–H groups in total. The quantitative estimate of drug-likeness (QED) is 0.813. The summed E-state index contributed by atoms with van der Waals surface area (Å²) in [5, 5.41) is 2.52. The molecule has 2 rings (SSSR count). The Morgan fingerprint density at radius 1 is 1.19 bits per heavy atom. The molecule has 0 radical (unpaired) electrons. The molecular weight excluding hydrogens is 347 g/mol. The molecule has 1 atom stereocenters. The molecule has 0 saturated carbocycles. The summed E-state index contributed by atoms with van der Waals surface area (Å²) < 4.78 is 19.7. The summed E-state index contributed by atoms with van der Waals surface area (Å²) >= 11 is 0. The van der Waals surface area contributed by atoms with Crippen molar-refractivity contribution in [2.75, 3.05) is 13.7 Å². The lowest BCUT2D eigenvalue weighted by atomic mass is 10.1. The Hall–Kier alpha value is -2.89. The Bertz CT molecular complexity index is 823. The van der Waals surface area contributed by atoms with E-state index in [0.717, 1.165) is 11.1 Å². The molecular formula is C21H25FN2O3. The highest BCUT2D eigenvalue weighted by Crippen LogP contribution is 2.20. The molecule has 0 heterocycles. The summed E-state index contributed by atoms with van der Waals surface area (Å²) in [6.07, 6.45) is 0. The van der Waals surface area contributed by atoms with E-state index in [4.69, 9.17) is 4.74 Å². The average molecular weight is 372 g/mol. The van der Waals surface area contributed by atoms with Crippen LogP contribution in [0.3, 0.4) is 0 Å². The first-order chi connectivity index (χ1) is 12.8. The number of hydrogen-bond acceptors (Lipinski definition) is 3. The van der Waals surface area contributed by atoms with E-state index in [1.807, 2.05) is 32.0 Å². The van der Waals surface area contributed by atoms with Gasteiger partial charge in [0.2, 0.25) is 5.91 Å². The van der Waals surface area contributed by atoms with Crippen LogP contribution in [0.25, 0.3) is 0 Å². The summed E-state index contributed by atoms with van der Waals surface area (Å²) in [7, 11) is 1.50. The van der Waals surface area contributed by atoms with Crippen molar-refractivity contribution in [3.05, 3.63) is 65.0 Å². The molecule has 5 nitrogen and oxygen atoms in total. The van der Waals surface area contributed by atoms with Crippen LogP contribution in [0.4, 0.5) is 4.39 Å². The molecule has 0 aliphatic heterocycles. The van der Waals surface area contributed by atoms with Crippen molar-refractivity contribution in [2.24, 2.45) is 0 Å². The van der Waals surface area contributed by atoms with Crippen LogP contribution in [0.5, 0.6) is 5.75 Å². The van der Waals surface area contributed by atoms with Crippen LogP contribution in [0.15, 0.2) is 42.5 Å². The molecule has 2 aromatic rings. The first-order valence-electron chi connectivity index (χ1n) is 8.78. The first kappa shape index (κ1) is 20.4. The van der Waals surface area contributed by atoms with Gasteiger partial charge in [0.15, 0.2) is 6.61 Å². The Morgan fingerprint density at radius 3 is 2.56 bits per heavy atom. The highest BCUT2D eigenvalue weighted by molar-refractivity contribution is 5.87. The van der Waals surface area contributed by atoms with Gasteiger partial charge in [0, 0.05) is 19.2 Å². The van der Waals surface area contributed by atoms with Crippen molar-refractivity contribution < 1.29 is 18.7 Å². The largest absolute Gasteiger partial charge is 0.483 e. The molecule has 0 fully saturated rings. The highest BCUT2D eigenvalue weighted by atomic mass is 19.1. The van der Waals surface area contributed by atoms with Gasteiger partial charge in [0.05, 0.1) is 0 Å². The molecule has 144 valence electrons. The normalized spacial score (nSPS) is 11.6. The van der Waals surface area contributed by atoms with E-state index in [2.05, 4.69) is 5.32 Å². The minimum absolute atomic E-state index is 0.0176. The van der Waals surface area contributed by atoms with Gasteiger partial charge in [-0.1, -0.05) is 30.3 Å². The topological polar surface area (TPSA) is 58.6 Å². The molecule has 2 aromatic carbocycles.